The minimum atomic E-state index is -0.473. The van der Waals surface area contributed by atoms with Crippen molar-refractivity contribution in [3.63, 3.8) is 0 Å². The summed E-state index contributed by atoms with van der Waals surface area (Å²) in [4.78, 5) is 40.3. The van der Waals surface area contributed by atoms with Gasteiger partial charge < -0.3 is 10.3 Å². The van der Waals surface area contributed by atoms with Gasteiger partial charge in [0.2, 0.25) is 0 Å². The van der Waals surface area contributed by atoms with E-state index in [9.17, 15) is 14.4 Å². The molecule has 7 heteroatoms. The van der Waals surface area contributed by atoms with E-state index in [0.29, 0.717) is 23.0 Å². The van der Waals surface area contributed by atoms with E-state index in [1.54, 1.807) is 30.4 Å². The van der Waals surface area contributed by atoms with Crippen LogP contribution >= 0.6 is 11.3 Å². The monoisotopic (exact) mass is 343 g/mol. The molecule has 0 saturated heterocycles. The van der Waals surface area contributed by atoms with Gasteiger partial charge in [0.1, 0.15) is 0 Å². The number of hydrogen-bond acceptors (Lipinski definition) is 4. The first-order chi connectivity index (χ1) is 11.5. The zero-order valence-electron chi connectivity index (χ0n) is 13.3. The van der Waals surface area contributed by atoms with Crippen LogP contribution in [-0.4, -0.2) is 15.5 Å². The number of carbonyl (C=O) groups is 1. The van der Waals surface area contributed by atoms with E-state index >= 15 is 0 Å². The van der Waals surface area contributed by atoms with Crippen molar-refractivity contribution < 1.29 is 4.79 Å². The molecule has 1 atom stereocenters. The maximum atomic E-state index is 12.4. The van der Waals surface area contributed by atoms with Crippen molar-refractivity contribution in [3.8, 4) is 0 Å². The third kappa shape index (κ3) is 2.90. The molecule has 0 aliphatic heterocycles. The third-order valence-corrected chi connectivity index (χ3v) is 4.93. The van der Waals surface area contributed by atoms with E-state index in [2.05, 4.69) is 10.3 Å². The van der Waals surface area contributed by atoms with Crippen LogP contribution in [0.15, 0.2) is 45.3 Å². The zero-order valence-corrected chi connectivity index (χ0v) is 14.1. The molecule has 0 fully saturated rings. The molecular weight excluding hydrogens is 326 g/mol. The van der Waals surface area contributed by atoms with Gasteiger partial charge >= 0.3 is 5.69 Å². The van der Waals surface area contributed by atoms with Crippen molar-refractivity contribution in [1.82, 2.24) is 14.9 Å². The first-order valence-electron chi connectivity index (χ1n) is 7.62. The molecule has 1 aromatic carbocycles. The number of thiophene rings is 1. The fourth-order valence-corrected chi connectivity index (χ4v) is 3.31. The van der Waals surface area contributed by atoms with Gasteiger partial charge in [-0.2, -0.15) is 0 Å². The molecule has 3 rings (SSSR count). The summed E-state index contributed by atoms with van der Waals surface area (Å²) in [5.41, 5.74) is -0.0593. The van der Waals surface area contributed by atoms with Gasteiger partial charge in [0, 0.05) is 17.0 Å². The Balaban J connectivity index is 1.95. The van der Waals surface area contributed by atoms with Gasteiger partial charge in [0.15, 0.2) is 0 Å². The lowest BCUT2D eigenvalue weighted by atomic mass is 10.1. The summed E-state index contributed by atoms with van der Waals surface area (Å²) in [5.74, 6) is -0.252. The number of carbonyl (C=O) groups excluding carboxylic acids is 1. The van der Waals surface area contributed by atoms with Crippen LogP contribution < -0.4 is 16.6 Å². The molecule has 6 nitrogen and oxygen atoms in total. The van der Waals surface area contributed by atoms with Crippen molar-refractivity contribution in [2.24, 2.45) is 0 Å². The van der Waals surface area contributed by atoms with Crippen molar-refractivity contribution >= 4 is 28.1 Å². The molecule has 0 aliphatic rings. The Morgan fingerprint density at radius 2 is 2.12 bits per heavy atom. The molecule has 124 valence electrons. The Kier molecular flexibility index (Phi) is 4.35. The topological polar surface area (TPSA) is 84.0 Å². The van der Waals surface area contributed by atoms with Crippen LogP contribution in [0.4, 0.5) is 0 Å². The predicted octanol–water partition coefficient (Wildman–Crippen LogP) is 2.26. The summed E-state index contributed by atoms with van der Waals surface area (Å²) in [6.45, 7) is 3.94. The van der Waals surface area contributed by atoms with E-state index in [4.69, 9.17) is 0 Å². The van der Waals surface area contributed by atoms with Gasteiger partial charge in [0.05, 0.1) is 16.9 Å². The van der Waals surface area contributed by atoms with Crippen LogP contribution in [0.25, 0.3) is 10.9 Å². The molecule has 2 heterocycles. The molecule has 0 saturated carbocycles. The maximum Gasteiger partial charge on any atom is 0.328 e. The van der Waals surface area contributed by atoms with Crippen LogP contribution in [0, 0.1) is 0 Å². The number of H-pyrrole nitrogens is 1. The van der Waals surface area contributed by atoms with Gasteiger partial charge in [-0.05, 0) is 43.5 Å². The van der Waals surface area contributed by atoms with E-state index in [0.717, 1.165) is 9.44 Å². The highest BCUT2D eigenvalue weighted by atomic mass is 32.1. The first-order valence-corrected chi connectivity index (χ1v) is 8.50. The highest BCUT2D eigenvalue weighted by Gasteiger charge is 2.14. The highest BCUT2D eigenvalue weighted by Crippen LogP contribution is 2.19. The second-order valence-electron chi connectivity index (χ2n) is 5.45. The van der Waals surface area contributed by atoms with E-state index in [-0.39, 0.29) is 17.5 Å². The summed E-state index contributed by atoms with van der Waals surface area (Å²) < 4.78 is 1.13. The molecule has 0 bridgehead atoms. The average molecular weight is 343 g/mol. The molecule has 0 aliphatic carbocycles. The molecule has 0 radical (unpaired) electrons. The van der Waals surface area contributed by atoms with Gasteiger partial charge in [-0.1, -0.05) is 6.07 Å². The normalized spacial score (nSPS) is 12.2. The lowest BCUT2D eigenvalue weighted by Crippen LogP contribution is -2.34. The minimum Gasteiger partial charge on any atom is -0.345 e. The standard InChI is InChI=1S/C17H17N3O3S/c1-3-20-16(22)12-7-6-11(9-13(12)19-17(20)23)15(21)18-10(2)14-5-4-8-24-14/h4-10H,3H2,1-2H3,(H,18,21)(H,19,23)/t10-/m1/s1. The summed E-state index contributed by atoms with van der Waals surface area (Å²) >= 11 is 1.57. The predicted molar refractivity (Wildman–Crippen MR) is 94.7 cm³/mol. The quantitative estimate of drug-likeness (QED) is 0.762. The van der Waals surface area contributed by atoms with Crippen LogP contribution in [-0.2, 0) is 6.54 Å². The van der Waals surface area contributed by atoms with Crippen molar-refractivity contribution in [3.05, 3.63) is 67.0 Å². The Hall–Kier alpha value is -2.67. The second kappa shape index (κ2) is 6.45. The smallest absolute Gasteiger partial charge is 0.328 e. The minimum absolute atomic E-state index is 0.111. The molecule has 0 unspecified atom stereocenters. The molecule has 2 aromatic heterocycles. The van der Waals surface area contributed by atoms with Crippen LogP contribution in [0.3, 0.4) is 0 Å². The van der Waals surface area contributed by atoms with Crippen LogP contribution in [0.1, 0.15) is 35.1 Å². The van der Waals surface area contributed by atoms with E-state index < -0.39 is 5.69 Å². The molecule has 3 aromatic rings. The molecular formula is C17H17N3O3S. The number of hydrogen-bond donors (Lipinski definition) is 2. The number of amides is 1. The molecule has 1 amide bonds. The van der Waals surface area contributed by atoms with Crippen molar-refractivity contribution in [2.75, 3.05) is 0 Å². The number of aromatic amines is 1. The third-order valence-electron chi connectivity index (χ3n) is 3.88. The Morgan fingerprint density at radius 3 is 2.79 bits per heavy atom. The number of fused-ring (bicyclic) bond motifs is 1. The fourth-order valence-electron chi connectivity index (χ4n) is 2.57. The lowest BCUT2D eigenvalue weighted by molar-refractivity contribution is 0.0940. The van der Waals surface area contributed by atoms with Gasteiger partial charge in [-0.3, -0.25) is 14.2 Å². The lowest BCUT2D eigenvalue weighted by Gasteiger charge is -2.12. The first kappa shape index (κ1) is 16.2. The SMILES string of the molecule is CCn1c(=O)[nH]c2cc(C(=O)N[C@H](C)c3cccs3)ccc2c1=O. The number of nitrogens with one attached hydrogen (secondary N) is 2. The highest BCUT2D eigenvalue weighted by molar-refractivity contribution is 7.10. The Bertz CT molecular complexity index is 1000. The maximum absolute atomic E-state index is 12.4. The number of nitrogens with zero attached hydrogens (tertiary/aromatic N) is 1. The summed E-state index contributed by atoms with van der Waals surface area (Å²) in [5, 5.41) is 5.26. The zero-order chi connectivity index (χ0) is 17.3. The summed E-state index contributed by atoms with van der Waals surface area (Å²) in [7, 11) is 0. The summed E-state index contributed by atoms with van der Waals surface area (Å²) in [6.07, 6.45) is 0. The van der Waals surface area contributed by atoms with Gasteiger partial charge in [-0.15, -0.1) is 11.3 Å². The van der Waals surface area contributed by atoms with Gasteiger partial charge in [0.25, 0.3) is 11.5 Å². The average Bonchev–Trinajstić information content (AvgIpc) is 3.09. The van der Waals surface area contributed by atoms with E-state index in [1.165, 1.54) is 6.07 Å². The summed E-state index contributed by atoms with van der Waals surface area (Å²) in [6, 6.07) is 8.49. The van der Waals surface area contributed by atoms with E-state index in [1.807, 2.05) is 24.4 Å². The van der Waals surface area contributed by atoms with Crippen LogP contribution in [0.2, 0.25) is 0 Å². The molecule has 2 N–H and O–H groups in total. The number of benzene rings is 1. The van der Waals surface area contributed by atoms with Crippen molar-refractivity contribution in [1.29, 1.82) is 0 Å². The van der Waals surface area contributed by atoms with Gasteiger partial charge in [-0.25, -0.2) is 4.79 Å². The number of rotatable bonds is 4. The largest absolute Gasteiger partial charge is 0.345 e. The number of aromatic nitrogens is 2. The Morgan fingerprint density at radius 1 is 1.33 bits per heavy atom. The van der Waals surface area contributed by atoms with Crippen LogP contribution in [0.5, 0.6) is 0 Å². The van der Waals surface area contributed by atoms with Crippen molar-refractivity contribution in [2.45, 2.75) is 26.4 Å². The molecule has 24 heavy (non-hydrogen) atoms. The Labute approximate surface area is 141 Å². The molecule has 0 spiro atoms. The second-order valence-corrected chi connectivity index (χ2v) is 6.43. The fraction of sp³-hybridized carbons (Fsp3) is 0.235.